The van der Waals surface area contributed by atoms with Crippen molar-refractivity contribution < 1.29 is 47.7 Å². The minimum Gasteiger partial charge on any atom is -0.388 e. The topological polar surface area (TPSA) is 130 Å². The van der Waals surface area contributed by atoms with Gasteiger partial charge in [-0.1, -0.05) is 6.92 Å². The standard InChI is InChI=1S/C9H15N5O3.Y/c1-2-4-5(15)6(16)9(17-4)14-3-12-8(13-14)7(10)11;/h3-6,9,15-16H,2H2,1H3,(H3,10,11);. The van der Waals surface area contributed by atoms with Crippen molar-refractivity contribution in [1.82, 2.24) is 14.8 Å². The molecule has 0 spiro atoms. The number of aromatic nitrogens is 3. The Morgan fingerprint density at radius 2 is 2.22 bits per heavy atom. The molecule has 2 heterocycles. The Hall–Kier alpha value is -0.406. The van der Waals surface area contributed by atoms with Gasteiger partial charge in [-0.05, 0) is 6.42 Å². The molecule has 0 saturated carbocycles. The Morgan fingerprint density at radius 1 is 1.56 bits per heavy atom. The van der Waals surface area contributed by atoms with Gasteiger partial charge in [-0.3, -0.25) is 5.41 Å². The Balaban J connectivity index is 0.00000162. The zero-order chi connectivity index (χ0) is 12.6. The van der Waals surface area contributed by atoms with Crippen LogP contribution in [-0.2, 0) is 37.4 Å². The van der Waals surface area contributed by atoms with E-state index < -0.39 is 24.5 Å². The van der Waals surface area contributed by atoms with E-state index in [9.17, 15) is 10.2 Å². The molecule has 0 aromatic carbocycles. The first-order valence-corrected chi connectivity index (χ1v) is 5.31. The van der Waals surface area contributed by atoms with Crippen LogP contribution in [0.1, 0.15) is 25.4 Å². The summed E-state index contributed by atoms with van der Waals surface area (Å²) in [6, 6.07) is 0. The van der Waals surface area contributed by atoms with Crippen molar-refractivity contribution in [3.63, 3.8) is 0 Å². The van der Waals surface area contributed by atoms with Crippen molar-refractivity contribution in [3.8, 4) is 0 Å². The van der Waals surface area contributed by atoms with Crippen LogP contribution in [0.3, 0.4) is 0 Å². The number of nitrogens with two attached hydrogens (primary N) is 1. The minimum absolute atomic E-state index is 0. The van der Waals surface area contributed by atoms with Gasteiger partial charge < -0.3 is 20.7 Å². The van der Waals surface area contributed by atoms with E-state index in [4.69, 9.17) is 15.9 Å². The Kier molecular flexibility index (Phi) is 5.36. The van der Waals surface area contributed by atoms with Crippen molar-refractivity contribution in [3.05, 3.63) is 12.2 Å². The first-order chi connectivity index (χ1) is 8.04. The summed E-state index contributed by atoms with van der Waals surface area (Å²) in [5.74, 6) is -0.195. The first kappa shape index (κ1) is 15.7. The molecule has 8 nitrogen and oxygen atoms in total. The maximum absolute atomic E-state index is 9.81. The van der Waals surface area contributed by atoms with Crippen LogP contribution in [0.15, 0.2) is 6.33 Å². The summed E-state index contributed by atoms with van der Waals surface area (Å²) in [6.07, 6.45) is -1.34. The van der Waals surface area contributed by atoms with Crippen molar-refractivity contribution >= 4 is 5.84 Å². The van der Waals surface area contributed by atoms with Gasteiger partial charge in [0.15, 0.2) is 12.1 Å². The SMILES string of the molecule is CCC1OC(n2cnc(C(=N)N)n2)C(O)C1O.[Y]. The van der Waals surface area contributed by atoms with Crippen molar-refractivity contribution in [1.29, 1.82) is 5.41 Å². The zero-order valence-electron chi connectivity index (χ0n) is 9.89. The molecule has 0 aliphatic carbocycles. The molecule has 1 aliphatic rings. The third kappa shape index (κ3) is 2.78. The van der Waals surface area contributed by atoms with E-state index in [0.717, 1.165) is 0 Å². The summed E-state index contributed by atoms with van der Waals surface area (Å²) in [7, 11) is 0. The summed E-state index contributed by atoms with van der Waals surface area (Å²) in [5, 5.41) is 30.6. The quantitative estimate of drug-likeness (QED) is 0.398. The zero-order valence-corrected chi connectivity index (χ0v) is 12.7. The number of nitrogens with zero attached hydrogens (tertiary/aromatic N) is 3. The maximum atomic E-state index is 9.81. The van der Waals surface area contributed by atoms with Gasteiger partial charge in [0, 0.05) is 32.7 Å². The van der Waals surface area contributed by atoms with Gasteiger partial charge in [-0.25, -0.2) is 9.67 Å². The maximum Gasteiger partial charge on any atom is 0.215 e. The van der Waals surface area contributed by atoms with Crippen LogP contribution >= 0.6 is 0 Å². The fourth-order valence-electron chi connectivity index (χ4n) is 1.81. The average molecular weight is 330 g/mol. The average Bonchev–Trinajstić information content (AvgIpc) is 2.87. The number of ether oxygens (including phenoxy) is 1. The molecule has 4 atom stereocenters. The predicted molar refractivity (Wildman–Crippen MR) is 57.3 cm³/mol. The third-order valence-electron chi connectivity index (χ3n) is 2.75. The van der Waals surface area contributed by atoms with Gasteiger partial charge in [0.05, 0.1) is 6.10 Å². The van der Waals surface area contributed by atoms with E-state index in [1.807, 2.05) is 6.92 Å². The van der Waals surface area contributed by atoms with Crippen LogP contribution in [0, 0.1) is 5.41 Å². The predicted octanol–water partition coefficient (Wildman–Crippen LogP) is -1.41. The van der Waals surface area contributed by atoms with Gasteiger partial charge >= 0.3 is 0 Å². The van der Waals surface area contributed by atoms with Crippen LogP contribution in [0.5, 0.6) is 0 Å². The Bertz CT molecular complexity index is 426. The van der Waals surface area contributed by atoms with Crippen LogP contribution in [-0.4, -0.2) is 49.1 Å². The second kappa shape index (κ2) is 6.16. The summed E-state index contributed by atoms with van der Waals surface area (Å²) in [5.41, 5.74) is 5.23. The van der Waals surface area contributed by atoms with E-state index in [2.05, 4.69) is 10.1 Å². The Morgan fingerprint density at radius 3 is 2.67 bits per heavy atom. The fraction of sp³-hybridized carbons (Fsp3) is 0.667. The molecule has 2 rings (SSSR count). The molecule has 0 bridgehead atoms. The molecule has 1 aromatic rings. The normalized spacial score (nSPS) is 31.1. The number of hydrogen-bond donors (Lipinski definition) is 4. The fourth-order valence-corrected chi connectivity index (χ4v) is 1.81. The van der Waals surface area contributed by atoms with Gasteiger partial charge in [-0.15, -0.1) is 5.10 Å². The molecule has 9 heteroatoms. The monoisotopic (exact) mass is 330 g/mol. The number of nitrogen functional groups attached to an aromatic ring is 1. The van der Waals surface area contributed by atoms with Gasteiger partial charge in [0.25, 0.3) is 0 Å². The van der Waals surface area contributed by atoms with E-state index >= 15 is 0 Å². The largest absolute Gasteiger partial charge is 0.388 e. The molecule has 1 saturated heterocycles. The molecule has 5 N–H and O–H groups in total. The molecular formula is C9H15N5O3Y. The van der Waals surface area contributed by atoms with E-state index in [0.29, 0.717) is 6.42 Å². The second-order valence-electron chi connectivity index (χ2n) is 3.92. The van der Waals surface area contributed by atoms with E-state index in [-0.39, 0.29) is 44.4 Å². The summed E-state index contributed by atoms with van der Waals surface area (Å²) in [4.78, 5) is 3.80. The first-order valence-electron chi connectivity index (χ1n) is 5.31. The number of hydrogen-bond acceptors (Lipinski definition) is 6. The summed E-state index contributed by atoms with van der Waals surface area (Å²) < 4.78 is 6.73. The summed E-state index contributed by atoms with van der Waals surface area (Å²) >= 11 is 0. The van der Waals surface area contributed by atoms with Crippen LogP contribution in [0.25, 0.3) is 0 Å². The van der Waals surface area contributed by atoms with Crippen LogP contribution < -0.4 is 5.73 Å². The van der Waals surface area contributed by atoms with Crippen molar-refractivity contribution in [2.24, 2.45) is 5.73 Å². The van der Waals surface area contributed by atoms with Gasteiger partial charge in [0.2, 0.25) is 5.82 Å². The number of rotatable bonds is 3. The van der Waals surface area contributed by atoms with Crippen LogP contribution in [0.2, 0.25) is 0 Å². The van der Waals surface area contributed by atoms with Crippen LogP contribution in [0.4, 0.5) is 0 Å². The van der Waals surface area contributed by atoms with Crippen molar-refractivity contribution in [2.75, 3.05) is 0 Å². The smallest absolute Gasteiger partial charge is 0.215 e. The number of aliphatic hydroxyl groups excluding tert-OH is 2. The van der Waals surface area contributed by atoms with E-state index in [1.54, 1.807) is 0 Å². The molecule has 97 valence electrons. The molecule has 4 unspecified atom stereocenters. The van der Waals surface area contributed by atoms with Crippen molar-refractivity contribution in [2.45, 2.75) is 37.9 Å². The molecule has 18 heavy (non-hydrogen) atoms. The third-order valence-corrected chi connectivity index (χ3v) is 2.75. The molecule has 1 aliphatic heterocycles. The number of amidine groups is 1. The minimum atomic E-state index is -1.07. The number of nitrogens with one attached hydrogen (secondary N) is 1. The van der Waals surface area contributed by atoms with Gasteiger partial charge in [-0.2, -0.15) is 0 Å². The van der Waals surface area contributed by atoms with Gasteiger partial charge in [0.1, 0.15) is 18.5 Å². The number of aliphatic hydroxyl groups is 2. The van der Waals surface area contributed by atoms with E-state index in [1.165, 1.54) is 11.0 Å². The molecule has 1 radical (unpaired) electrons. The molecule has 1 fully saturated rings. The Labute approximate surface area is 129 Å². The second-order valence-corrected chi connectivity index (χ2v) is 3.92. The summed E-state index contributed by atoms with van der Waals surface area (Å²) in [6.45, 7) is 1.85. The molecule has 0 amide bonds. The molecular weight excluding hydrogens is 315 g/mol. The molecule has 1 aromatic heterocycles.